The first-order valence-corrected chi connectivity index (χ1v) is 41.2. The largest absolute Gasteiger partial charge is 0.472 e. The smallest absolute Gasteiger partial charge is 0.462 e. The molecule has 19 heteroatoms. The Bertz CT molecular complexity index is 1930. The Hall–Kier alpha value is -2.72. The van der Waals surface area contributed by atoms with Crippen molar-refractivity contribution in [3.63, 3.8) is 0 Å². The van der Waals surface area contributed by atoms with E-state index >= 15 is 0 Å². The molecule has 0 aromatic heterocycles. The van der Waals surface area contributed by atoms with Crippen LogP contribution in [-0.4, -0.2) is 96.7 Å². The zero-order valence-electron chi connectivity index (χ0n) is 60.2. The van der Waals surface area contributed by atoms with E-state index in [1.54, 1.807) is 0 Å². The predicted molar refractivity (Wildman–Crippen MR) is 381 cm³/mol. The first-order valence-electron chi connectivity index (χ1n) is 38.2. The molecule has 3 N–H and O–H groups in total. The summed E-state index contributed by atoms with van der Waals surface area (Å²) in [5.74, 6) is -2.16. The third kappa shape index (κ3) is 67.8. The highest BCUT2D eigenvalue weighted by molar-refractivity contribution is 7.47. The van der Waals surface area contributed by atoms with Crippen molar-refractivity contribution in [3.8, 4) is 0 Å². The fourth-order valence-corrected chi connectivity index (χ4v) is 12.3. The minimum absolute atomic E-state index is 0.0923. The van der Waals surface area contributed by atoms with Crippen LogP contribution < -0.4 is 0 Å². The maximum Gasteiger partial charge on any atom is 0.472 e. The highest BCUT2D eigenvalue weighted by atomic mass is 31.2. The highest BCUT2D eigenvalue weighted by Crippen LogP contribution is 2.45. The zero-order chi connectivity index (χ0) is 69.0. The lowest BCUT2D eigenvalue weighted by Crippen LogP contribution is -2.30. The molecule has 5 unspecified atom stereocenters. The van der Waals surface area contributed by atoms with E-state index in [2.05, 4.69) is 64.2 Å². The van der Waals surface area contributed by atoms with E-state index in [4.69, 9.17) is 37.0 Å². The monoisotopic (exact) mass is 1370 g/mol. The van der Waals surface area contributed by atoms with Gasteiger partial charge in [0.1, 0.15) is 19.3 Å². The van der Waals surface area contributed by atoms with Gasteiger partial charge in [-0.2, -0.15) is 0 Å². The number of carbonyl (C=O) groups excluding carboxylic acids is 4. The first-order chi connectivity index (χ1) is 45.7. The molecule has 0 aromatic rings. The summed E-state index contributed by atoms with van der Waals surface area (Å²) in [5.41, 5.74) is 0. The van der Waals surface area contributed by atoms with Crippen molar-refractivity contribution in [2.24, 2.45) is 0 Å². The molecule has 0 rings (SSSR count). The highest BCUT2D eigenvalue weighted by Gasteiger charge is 2.30. The number of ether oxygens (including phenoxy) is 4. The van der Waals surface area contributed by atoms with E-state index in [1.807, 2.05) is 0 Å². The Morgan fingerprint density at radius 1 is 0.298 bits per heavy atom. The maximum atomic E-state index is 13.1. The minimum atomic E-state index is -4.96. The van der Waals surface area contributed by atoms with Crippen molar-refractivity contribution in [1.29, 1.82) is 0 Å². The number of phosphoric ester groups is 2. The van der Waals surface area contributed by atoms with Crippen LogP contribution in [0.25, 0.3) is 0 Å². The van der Waals surface area contributed by atoms with Crippen molar-refractivity contribution in [2.45, 2.75) is 380 Å². The lowest BCUT2D eigenvalue weighted by Gasteiger charge is -2.21. The Morgan fingerprint density at radius 3 is 0.830 bits per heavy atom. The number of esters is 4. The number of carbonyl (C=O) groups is 4. The van der Waals surface area contributed by atoms with Crippen molar-refractivity contribution in [3.05, 3.63) is 36.5 Å². The lowest BCUT2D eigenvalue weighted by atomic mass is 10.0. The van der Waals surface area contributed by atoms with E-state index in [9.17, 15) is 43.2 Å². The summed E-state index contributed by atoms with van der Waals surface area (Å²) in [6.45, 7) is 4.87. The number of allylic oxidation sites excluding steroid dienone is 6. The van der Waals surface area contributed by atoms with Gasteiger partial charge in [-0.1, -0.05) is 289 Å². The summed E-state index contributed by atoms with van der Waals surface area (Å²) in [5, 5.41) is 10.6. The number of hydrogen-bond donors (Lipinski definition) is 3. The molecular formula is C75H140O17P2. The SMILES string of the molecule is CCCCC/C=C\C/C=C\CCCCCCCC(=O)OCC(COP(=O)(O)OCC(O)COP(=O)(O)OCC(COC(=O)CCCCCCCCCCCCCCCCC)OC(=O)CCCCCCC/C=C\CCCCCC)OC(=O)CCCCCCCCCCCCC. The second kappa shape index (κ2) is 68.8. The predicted octanol–water partition coefficient (Wildman–Crippen LogP) is 21.6. The summed E-state index contributed by atoms with van der Waals surface area (Å²) in [6.07, 6.45) is 62.8. The van der Waals surface area contributed by atoms with Gasteiger partial charge in [0.05, 0.1) is 26.4 Å². The van der Waals surface area contributed by atoms with Gasteiger partial charge in [-0.3, -0.25) is 37.3 Å². The number of aliphatic hydroxyl groups is 1. The molecule has 0 aliphatic rings. The molecule has 94 heavy (non-hydrogen) atoms. The number of phosphoric acid groups is 2. The molecule has 0 aromatic carbocycles. The first kappa shape index (κ1) is 91.3. The third-order valence-corrected chi connectivity index (χ3v) is 18.5. The van der Waals surface area contributed by atoms with Crippen LogP contribution in [0.5, 0.6) is 0 Å². The van der Waals surface area contributed by atoms with E-state index in [1.165, 1.54) is 154 Å². The molecule has 552 valence electrons. The van der Waals surface area contributed by atoms with Crippen LogP contribution in [-0.2, 0) is 65.4 Å². The van der Waals surface area contributed by atoms with Crippen LogP contribution >= 0.6 is 15.6 Å². The molecule has 0 saturated carbocycles. The van der Waals surface area contributed by atoms with E-state index < -0.39 is 97.5 Å². The maximum absolute atomic E-state index is 13.1. The van der Waals surface area contributed by atoms with Gasteiger partial charge >= 0.3 is 39.5 Å². The Labute approximate surface area is 573 Å². The molecule has 0 saturated heterocycles. The fourth-order valence-electron chi connectivity index (χ4n) is 10.7. The fraction of sp³-hybridized carbons (Fsp3) is 0.867. The topological polar surface area (TPSA) is 237 Å². The quantitative estimate of drug-likeness (QED) is 0.0169. The zero-order valence-corrected chi connectivity index (χ0v) is 61.9. The van der Waals surface area contributed by atoms with E-state index in [0.717, 1.165) is 128 Å². The van der Waals surface area contributed by atoms with Crippen LogP contribution in [0.2, 0.25) is 0 Å². The third-order valence-electron chi connectivity index (χ3n) is 16.6. The molecular weight excluding hydrogens is 1230 g/mol. The average Bonchev–Trinajstić information content (AvgIpc) is 1.35. The van der Waals surface area contributed by atoms with E-state index in [0.29, 0.717) is 25.7 Å². The molecule has 0 bridgehead atoms. The normalized spacial score (nSPS) is 14.2. The Balaban J connectivity index is 5.28. The standard InChI is InChI=1S/C75H140O17P2/c1-5-9-13-17-21-25-29-32-34-37-40-43-47-51-55-59-72(77)85-65-70(91-74(79)61-57-53-49-45-39-28-24-20-16-12-8-4)67-89-93(81,82)87-63-69(76)64-88-94(83,84)90-68-71(92-75(80)62-58-54-50-46-42-36-31-27-23-19-15-11-7-3)66-86-73(78)60-56-52-48-44-41-38-35-33-30-26-22-18-14-10-6-2/h21,25,27,31-32,34,69-71,76H,5-20,22-24,26,28-30,33,35-68H2,1-4H3,(H,81,82)(H,83,84)/b25-21-,31-27-,34-32-. The van der Waals surface area contributed by atoms with Gasteiger partial charge in [0.2, 0.25) is 0 Å². The second-order valence-electron chi connectivity index (χ2n) is 26.0. The van der Waals surface area contributed by atoms with Crippen molar-refractivity contribution in [1.82, 2.24) is 0 Å². The van der Waals surface area contributed by atoms with E-state index in [-0.39, 0.29) is 25.7 Å². The van der Waals surface area contributed by atoms with Crippen LogP contribution in [0.15, 0.2) is 36.5 Å². The molecule has 0 aliphatic heterocycles. The van der Waals surface area contributed by atoms with Gasteiger partial charge < -0.3 is 33.8 Å². The number of rotatable bonds is 73. The van der Waals surface area contributed by atoms with Gasteiger partial charge in [0, 0.05) is 25.7 Å². The number of unbranched alkanes of at least 4 members (excludes halogenated alkanes) is 41. The lowest BCUT2D eigenvalue weighted by molar-refractivity contribution is -0.161. The van der Waals surface area contributed by atoms with Crippen LogP contribution in [0.3, 0.4) is 0 Å². The second-order valence-corrected chi connectivity index (χ2v) is 28.9. The molecule has 0 aliphatic carbocycles. The molecule has 0 radical (unpaired) electrons. The van der Waals surface area contributed by atoms with Crippen molar-refractivity contribution >= 4 is 39.5 Å². The molecule has 0 fully saturated rings. The summed E-state index contributed by atoms with van der Waals surface area (Å²) >= 11 is 0. The summed E-state index contributed by atoms with van der Waals surface area (Å²) in [6, 6.07) is 0. The van der Waals surface area contributed by atoms with Crippen LogP contribution in [0.1, 0.15) is 362 Å². The van der Waals surface area contributed by atoms with Crippen molar-refractivity contribution in [2.75, 3.05) is 39.6 Å². The average molecular weight is 1380 g/mol. The van der Waals surface area contributed by atoms with Gasteiger partial charge in [-0.25, -0.2) is 9.13 Å². The summed E-state index contributed by atoms with van der Waals surface area (Å²) in [7, 11) is -9.92. The molecule has 17 nitrogen and oxygen atoms in total. The molecule has 5 atom stereocenters. The molecule has 0 heterocycles. The molecule has 0 amide bonds. The van der Waals surface area contributed by atoms with Crippen LogP contribution in [0, 0.1) is 0 Å². The minimum Gasteiger partial charge on any atom is -0.462 e. The number of aliphatic hydroxyl groups excluding tert-OH is 1. The van der Waals surface area contributed by atoms with Gasteiger partial charge in [-0.15, -0.1) is 0 Å². The van der Waals surface area contributed by atoms with Gasteiger partial charge in [-0.05, 0) is 83.5 Å². The Morgan fingerprint density at radius 2 is 0.521 bits per heavy atom. The van der Waals surface area contributed by atoms with Gasteiger partial charge in [0.25, 0.3) is 0 Å². The van der Waals surface area contributed by atoms with Crippen LogP contribution in [0.4, 0.5) is 0 Å². The van der Waals surface area contributed by atoms with Gasteiger partial charge in [0.15, 0.2) is 12.2 Å². The number of hydrogen-bond acceptors (Lipinski definition) is 15. The Kier molecular flexibility index (Phi) is 66.8. The summed E-state index contributed by atoms with van der Waals surface area (Å²) < 4.78 is 68.4. The summed E-state index contributed by atoms with van der Waals surface area (Å²) in [4.78, 5) is 72.7. The van der Waals surface area contributed by atoms with Crippen molar-refractivity contribution < 1.29 is 80.2 Å². The molecule has 0 spiro atoms.